The van der Waals surface area contributed by atoms with Crippen molar-refractivity contribution in [3.63, 3.8) is 0 Å². The minimum Gasteiger partial charge on any atom is -0.496 e. The second-order valence-electron chi connectivity index (χ2n) is 13.7. The first kappa shape index (κ1) is 34.8. The van der Waals surface area contributed by atoms with Crippen LogP contribution in [0.3, 0.4) is 0 Å². The van der Waals surface area contributed by atoms with Gasteiger partial charge in [-0.3, -0.25) is 4.90 Å². The molecule has 0 saturated heterocycles. The quantitative estimate of drug-likeness (QED) is 0.121. The first-order valence-corrected chi connectivity index (χ1v) is 18.4. The highest BCUT2D eigenvalue weighted by molar-refractivity contribution is 6.09. The molecule has 1 atom stereocenters. The maximum absolute atomic E-state index is 11.6. The van der Waals surface area contributed by atoms with Crippen molar-refractivity contribution in [3.05, 3.63) is 168 Å². The first-order chi connectivity index (χ1) is 26.5. The van der Waals surface area contributed by atoms with E-state index in [0.29, 0.717) is 18.2 Å². The van der Waals surface area contributed by atoms with E-state index in [-0.39, 0.29) is 5.97 Å². The molecule has 6 nitrogen and oxygen atoms in total. The molecule has 0 saturated carbocycles. The third kappa shape index (κ3) is 6.72. The fraction of sp³-hybridized carbons (Fsp3) is 0.167. The van der Waals surface area contributed by atoms with Crippen LogP contribution in [0.4, 0.5) is 0 Å². The van der Waals surface area contributed by atoms with Gasteiger partial charge in [0.25, 0.3) is 0 Å². The Balaban J connectivity index is 0.000000217. The van der Waals surface area contributed by atoms with Gasteiger partial charge in [0, 0.05) is 22.6 Å². The number of oxazole rings is 1. The normalized spacial score (nSPS) is 13.7. The van der Waals surface area contributed by atoms with Gasteiger partial charge in [0.1, 0.15) is 11.4 Å². The van der Waals surface area contributed by atoms with Crippen LogP contribution in [-0.4, -0.2) is 37.1 Å². The molecule has 1 unspecified atom stereocenters. The van der Waals surface area contributed by atoms with Crippen LogP contribution in [0.2, 0.25) is 0 Å². The Bertz CT molecular complexity index is 2520. The molecule has 268 valence electrons. The summed E-state index contributed by atoms with van der Waals surface area (Å²) in [5.41, 5.74) is 6.53. The molecule has 7 aromatic carbocycles. The number of carbonyl (C=O) groups excluding carboxylic acids is 1. The van der Waals surface area contributed by atoms with Crippen LogP contribution >= 0.6 is 0 Å². The van der Waals surface area contributed by atoms with Crippen molar-refractivity contribution in [2.75, 3.05) is 21.3 Å². The zero-order chi connectivity index (χ0) is 37.0. The summed E-state index contributed by atoms with van der Waals surface area (Å²) in [7, 11) is 5.19. The predicted octanol–water partition coefficient (Wildman–Crippen LogP) is 11.5. The SMILES string of the molecule is CN(Cc1nc(-c2ccccc2)c(-c2ccccc2)o1)C1CCCc2c1ccc1c2ccc2ccccc21.COC(=O)c1cccc2c(OC)cccc12. The van der Waals surface area contributed by atoms with Crippen LogP contribution in [0.15, 0.2) is 150 Å². The van der Waals surface area contributed by atoms with Gasteiger partial charge >= 0.3 is 5.97 Å². The number of hydrogen-bond donors (Lipinski definition) is 0. The average molecular weight is 711 g/mol. The fourth-order valence-corrected chi connectivity index (χ4v) is 7.92. The maximum atomic E-state index is 11.6. The topological polar surface area (TPSA) is 64.8 Å². The Morgan fingerprint density at radius 2 is 1.39 bits per heavy atom. The Kier molecular flexibility index (Phi) is 9.93. The molecule has 1 heterocycles. The summed E-state index contributed by atoms with van der Waals surface area (Å²) in [6.45, 7) is 0.659. The van der Waals surface area contributed by atoms with Gasteiger partial charge in [-0.2, -0.15) is 0 Å². The van der Waals surface area contributed by atoms with Crippen LogP contribution < -0.4 is 4.74 Å². The van der Waals surface area contributed by atoms with Gasteiger partial charge in [-0.15, -0.1) is 0 Å². The molecule has 1 aliphatic rings. The number of nitrogens with zero attached hydrogens (tertiary/aromatic N) is 2. The van der Waals surface area contributed by atoms with Crippen molar-refractivity contribution in [2.45, 2.75) is 31.8 Å². The molecule has 0 bridgehead atoms. The van der Waals surface area contributed by atoms with E-state index in [1.54, 1.807) is 13.2 Å². The Labute approximate surface area is 315 Å². The van der Waals surface area contributed by atoms with E-state index in [2.05, 4.69) is 96.9 Å². The summed E-state index contributed by atoms with van der Waals surface area (Å²) >= 11 is 0. The minimum absolute atomic E-state index is 0.334. The van der Waals surface area contributed by atoms with E-state index in [4.69, 9.17) is 18.9 Å². The Morgan fingerprint density at radius 1 is 0.704 bits per heavy atom. The molecular formula is C48H42N2O4. The Morgan fingerprint density at radius 3 is 2.17 bits per heavy atom. The summed E-state index contributed by atoms with van der Waals surface area (Å²) in [5.74, 6) is 2.01. The molecule has 9 rings (SSSR count). The van der Waals surface area contributed by atoms with E-state index in [1.807, 2.05) is 54.6 Å². The molecule has 54 heavy (non-hydrogen) atoms. The predicted molar refractivity (Wildman–Crippen MR) is 218 cm³/mol. The van der Waals surface area contributed by atoms with Crippen LogP contribution in [0, 0.1) is 0 Å². The number of aromatic nitrogens is 1. The molecule has 1 aliphatic carbocycles. The van der Waals surface area contributed by atoms with Crippen molar-refractivity contribution in [1.29, 1.82) is 0 Å². The minimum atomic E-state index is -0.334. The van der Waals surface area contributed by atoms with Crippen molar-refractivity contribution < 1.29 is 18.7 Å². The van der Waals surface area contributed by atoms with Crippen LogP contribution in [0.5, 0.6) is 5.75 Å². The van der Waals surface area contributed by atoms with Crippen LogP contribution in [0.1, 0.15) is 46.3 Å². The lowest BCUT2D eigenvalue weighted by Crippen LogP contribution is -2.27. The molecule has 1 aromatic heterocycles. The molecule has 6 heteroatoms. The second kappa shape index (κ2) is 15.4. The summed E-state index contributed by atoms with van der Waals surface area (Å²) < 4.78 is 16.5. The molecule has 8 aromatic rings. The largest absolute Gasteiger partial charge is 0.496 e. The molecule has 0 spiro atoms. The van der Waals surface area contributed by atoms with Crippen LogP contribution in [0.25, 0.3) is 54.9 Å². The lowest BCUT2D eigenvalue weighted by molar-refractivity contribution is 0.0603. The highest BCUT2D eigenvalue weighted by atomic mass is 16.5. The number of hydrogen-bond acceptors (Lipinski definition) is 6. The number of methoxy groups -OCH3 is 2. The van der Waals surface area contributed by atoms with Crippen molar-refractivity contribution in [3.8, 4) is 28.3 Å². The van der Waals surface area contributed by atoms with Gasteiger partial charge < -0.3 is 13.9 Å². The zero-order valence-electron chi connectivity index (χ0n) is 30.8. The number of rotatable bonds is 7. The standard InChI is InChI=1S/C35H30N2O.C13H12O3/c1-37(23-33-36-34(25-12-4-2-5-13-25)35(38-33)26-14-6-3-7-15-26)32-18-10-17-28-30-20-19-24-11-8-9-16-27(24)29(30)21-22-31(28)32;1-15-12-8-4-5-9-10(12)6-3-7-11(9)13(14)16-2/h2-9,11-16,19-22,32H,10,17-18,23H2,1H3;3-8H,1-2H3. The highest BCUT2D eigenvalue weighted by Crippen LogP contribution is 2.40. The molecule has 0 radical (unpaired) electrons. The third-order valence-electron chi connectivity index (χ3n) is 10.5. The number of carbonyl (C=O) groups is 1. The molecule has 0 amide bonds. The highest BCUT2D eigenvalue weighted by Gasteiger charge is 2.27. The first-order valence-electron chi connectivity index (χ1n) is 18.4. The summed E-state index contributed by atoms with van der Waals surface area (Å²) in [6.07, 6.45) is 3.45. The van der Waals surface area contributed by atoms with E-state index >= 15 is 0 Å². The average Bonchev–Trinajstić information content (AvgIpc) is 3.67. The summed E-state index contributed by atoms with van der Waals surface area (Å²) in [5, 5.41) is 7.15. The van der Waals surface area contributed by atoms with E-state index in [9.17, 15) is 4.79 Å². The zero-order valence-corrected chi connectivity index (χ0v) is 30.8. The number of ether oxygens (including phenoxy) is 2. The van der Waals surface area contributed by atoms with Crippen LogP contribution in [-0.2, 0) is 17.7 Å². The van der Waals surface area contributed by atoms with Gasteiger partial charge in [0.05, 0.1) is 26.3 Å². The summed E-state index contributed by atoms with van der Waals surface area (Å²) in [6, 6.07) is 50.1. The van der Waals surface area contributed by atoms with Gasteiger partial charge in [0.15, 0.2) is 5.76 Å². The third-order valence-corrected chi connectivity index (χ3v) is 10.5. The molecule has 0 N–H and O–H groups in total. The fourth-order valence-electron chi connectivity index (χ4n) is 7.92. The van der Waals surface area contributed by atoms with Crippen molar-refractivity contribution >= 4 is 38.3 Å². The lowest BCUT2D eigenvalue weighted by atomic mass is 9.83. The van der Waals surface area contributed by atoms with Crippen molar-refractivity contribution in [2.24, 2.45) is 0 Å². The van der Waals surface area contributed by atoms with Crippen molar-refractivity contribution in [1.82, 2.24) is 9.88 Å². The number of benzene rings is 7. The van der Waals surface area contributed by atoms with E-state index < -0.39 is 0 Å². The van der Waals surface area contributed by atoms with E-state index in [1.165, 1.54) is 46.2 Å². The smallest absolute Gasteiger partial charge is 0.338 e. The Hall–Kier alpha value is -6.24. The van der Waals surface area contributed by atoms with E-state index in [0.717, 1.165) is 57.8 Å². The number of fused-ring (bicyclic) bond motifs is 6. The number of aryl methyl sites for hydroxylation is 1. The van der Waals surface area contributed by atoms with Gasteiger partial charge in [-0.25, -0.2) is 9.78 Å². The van der Waals surface area contributed by atoms with Gasteiger partial charge in [-0.1, -0.05) is 133 Å². The monoisotopic (exact) mass is 710 g/mol. The molecule has 0 aliphatic heterocycles. The maximum Gasteiger partial charge on any atom is 0.338 e. The molecular weight excluding hydrogens is 669 g/mol. The van der Waals surface area contributed by atoms with Gasteiger partial charge in [0.2, 0.25) is 5.89 Å². The second-order valence-corrected chi connectivity index (χ2v) is 13.7. The van der Waals surface area contributed by atoms with Gasteiger partial charge in [-0.05, 0) is 76.5 Å². The molecule has 0 fully saturated rings. The lowest BCUT2D eigenvalue weighted by Gasteiger charge is -2.33. The number of esters is 1. The summed E-state index contributed by atoms with van der Waals surface area (Å²) in [4.78, 5) is 19.0.